The van der Waals surface area contributed by atoms with Gasteiger partial charge in [0.15, 0.2) is 0 Å². The summed E-state index contributed by atoms with van der Waals surface area (Å²) in [5, 5.41) is 19.1. The Balaban J connectivity index is 0.759. The summed E-state index contributed by atoms with van der Waals surface area (Å²) in [5.41, 5.74) is 2.35. The molecule has 0 unspecified atom stereocenters. The summed E-state index contributed by atoms with van der Waals surface area (Å²) >= 11 is 1.56. The number of β-amino-alcohol motifs (C(OH)–C–C–N with tert-alkyl or cyclic N) is 1. The molecule has 0 bridgehead atoms. The van der Waals surface area contributed by atoms with E-state index in [1.54, 1.807) is 16.8 Å². The lowest BCUT2D eigenvalue weighted by atomic mass is 9.85. The first-order valence-electron chi connectivity index (χ1n) is 28.7. The maximum Gasteiger partial charge on any atom is 0.417 e. The fourth-order valence-corrected chi connectivity index (χ4v) is 11.9. The molecule has 0 spiro atoms. The lowest BCUT2D eigenvalue weighted by Gasteiger charge is -2.44. The van der Waals surface area contributed by atoms with Crippen LogP contribution in [0.4, 0.5) is 39.3 Å². The number of unbranched alkanes of at least 4 members (excludes halogenated alkanes) is 5. The number of aryl methyl sites for hydroxylation is 1. The Morgan fingerprint density at radius 3 is 2.05 bits per heavy atom. The number of likely N-dealkylation sites (tertiary alicyclic amines) is 1. The van der Waals surface area contributed by atoms with Crippen molar-refractivity contribution in [3.05, 3.63) is 107 Å². The Morgan fingerprint density at radius 2 is 1.43 bits per heavy atom. The number of anilines is 3. The van der Waals surface area contributed by atoms with Gasteiger partial charge in [0.1, 0.15) is 23.7 Å². The Labute approximate surface area is 491 Å². The number of thiazole rings is 1. The number of likely N-dealkylation sites (N-methyl/N-ethyl adjacent to an activating group) is 1. The van der Waals surface area contributed by atoms with E-state index < -0.39 is 64.4 Å². The van der Waals surface area contributed by atoms with E-state index in [1.807, 2.05) is 87.6 Å². The number of aliphatic hydroxyl groups is 1. The monoisotopic (exact) mass is 1190 g/mol. The second-order valence-electron chi connectivity index (χ2n) is 23.5. The SMILES string of the molecule is Cc1ncsc1-c1ccc(CNC(=O)[C@@H]2C[C@H](O)CN2C(=O)[C@@H](NC(=O)CCCCCCCCC(=O)N2CCN(c3ncc(-c4cc(NC(=O)c5ccc(F)cc5C(F)(F)F)c(N5C[C@@H](C)N(C)[C@@H](C)C5)cc4F)cn3)CC2)C(C)(C)C)cc1. The average molecular weight is 1190 g/mol. The van der Waals surface area contributed by atoms with Crippen molar-refractivity contribution in [1.82, 2.24) is 40.3 Å². The summed E-state index contributed by atoms with van der Waals surface area (Å²) in [7, 11) is 1.96. The summed E-state index contributed by atoms with van der Waals surface area (Å²) in [6.07, 6.45) is 2.38. The number of alkyl halides is 3. The molecule has 17 nitrogen and oxygen atoms in total. The quantitative estimate of drug-likeness (QED) is 0.0427. The maximum atomic E-state index is 16.2. The molecule has 3 saturated heterocycles. The number of halogens is 5. The molecule has 5 atom stereocenters. The minimum atomic E-state index is -5.02. The number of amides is 5. The summed E-state index contributed by atoms with van der Waals surface area (Å²) in [5.74, 6) is -3.60. The van der Waals surface area contributed by atoms with Gasteiger partial charge in [-0.05, 0) is 87.5 Å². The zero-order chi connectivity index (χ0) is 60.6. The summed E-state index contributed by atoms with van der Waals surface area (Å²) in [4.78, 5) is 91.2. The van der Waals surface area contributed by atoms with Crippen LogP contribution < -0.4 is 25.8 Å². The molecule has 3 aromatic carbocycles. The number of aliphatic hydroxyl groups excluding tert-OH is 1. The molecular weight excluding hydrogens is 1110 g/mol. The van der Waals surface area contributed by atoms with Crippen molar-refractivity contribution in [2.45, 2.75) is 142 Å². The zero-order valence-corrected chi connectivity index (χ0v) is 49.5. The van der Waals surface area contributed by atoms with Gasteiger partial charge in [0.25, 0.3) is 5.91 Å². The van der Waals surface area contributed by atoms with E-state index in [9.17, 15) is 46.6 Å². The smallest absolute Gasteiger partial charge is 0.391 e. The third-order valence-electron chi connectivity index (χ3n) is 16.2. The Bertz CT molecular complexity index is 3120. The Kier molecular flexibility index (Phi) is 20.4. The van der Waals surface area contributed by atoms with Crippen LogP contribution in [0.25, 0.3) is 21.6 Å². The second kappa shape index (κ2) is 27.3. The first kappa shape index (κ1) is 62.9. The number of carbonyl (C=O) groups is 5. The number of nitrogens with zero attached hydrogens (tertiary/aromatic N) is 8. The van der Waals surface area contributed by atoms with Gasteiger partial charge in [-0.3, -0.25) is 28.9 Å². The molecule has 8 rings (SSSR count). The van der Waals surface area contributed by atoms with Gasteiger partial charge in [0.05, 0.1) is 44.7 Å². The third-order valence-corrected chi connectivity index (χ3v) is 17.2. The minimum Gasteiger partial charge on any atom is -0.391 e. The number of piperazine rings is 2. The molecule has 2 aromatic heterocycles. The van der Waals surface area contributed by atoms with Gasteiger partial charge in [-0.25, -0.2) is 23.7 Å². The van der Waals surface area contributed by atoms with Crippen LogP contribution in [0.3, 0.4) is 0 Å². The number of aromatic nitrogens is 3. The molecular formula is C61H76F5N11O6S. The number of nitrogens with one attached hydrogen (secondary N) is 3. The van der Waals surface area contributed by atoms with Crippen LogP contribution >= 0.6 is 11.3 Å². The minimum absolute atomic E-state index is 0.000760. The molecule has 5 aromatic rings. The number of hydrogen-bond acceptors (Lipinski definition) is 13. The highest BCUT2D eigenvalue weighted by Crippen LogP contribution is 2.38. The highest BCUT2D eigenvalue weighted by Gasteiger charge is 2.45. The molecule has 3 aliphatic rings. The van der Waals surface area contributed by atoms with E-state index in [4.69, 9.17) is 0 Å². The normalized spacial score (nSPS) is 19.1. The number of benzene rings is 3. The van der Waals surface area contributed by atoms with Crippen LogP contribution in [0.5, 0.6) is 0 Å². The highest BCUT2D eigenvalue weighted by atomic mass is 32.1. The van der Waals surface area contributed by atoms with Gasteiger partial charge in [0, 0.05) is 107 Å². The molecule has 0 radical (unpaired) electrons. The highest BCUT2D eigenvalue weighted by molar-refractivity contribution is 7.13. The first-order chi connectivity index (χ1) is 39.9. The van der Waals surface area contributed by atoms with E-state index in [0.29, 0.717) is 64.5 Å². The van der Waals surface area contributed by atoms with Crippen molar-refractivity contribution >= 4 is 58.2 Å². The molecule has 4 N–H and O–H groups in total. The predicted octanol–water partition coefficient (Wildman–Crippen LogP) is 9.23. The van der Waals surface area contributed by atoms with Crippen molar-refractivity contribution in [2.75, 3.05) is 68.0 Å². The van der Waals surface area contributed by atoms with E-state index in [2.05, 4.69) is 35.8 Å². The van der Waals surface area contributed by atoms with Gasteiger partial charge in [-0.2, -0.15) is 13.2 Å². The van der Waals surface area contributed by atoms with Crippen LogP contribution in [-0.2, 0) is 31.9 Å². The van der Waals surface area contributed by atoms with Gasteiger partial charge in [-0.1, -0.05) is 70.7 Å². The lowest BCUT2D eigenvalue weighted by molar-refractivity contribution is -0.144. The van der Waals surface area contributed by atoms with E-state index in [-0.39, 0.29) is 84.3 Å². The molecule has 452 valence electrons. The van der Waals surface area contributed by atoms with Crippen LogP contribution in [0, 0.1) is 24.0 Å². The molecule has 23 heteroatoms. The zero-order valence-electron chi connectivity index (χ0n) is 48.7. The van der Waals surface area contributed by atoms with Gasteiger partial charge in [0.2, 0.25) is 29.6 Å². The predicted molar refractivity (Wildman–Crippen MR) is 313 cm³/mol. The summed E-state index contributed by atoms with van der Waals surface area (Å²) < 4.78 is 72.1. The molecule has 0 aliphatic carbocycles. The van der Waals surface area contributed by atoms with Gasteiger partial charge in [-0.15, -0.1) is 11.3 Å². The van der Waals surface area contributed by atoms with Crippen LogP contribution in [0.1, 0.15) is 120 Å². The van der Waals surface area contributed by atoms with Crippen molar-refractivity contribution in [3.8, 4) is 21.6 Å². The van der Waals surface area contributed by atoms with Gasteiger partial charge >= 0.3 is 6.18 Å². The maximum absolute atomic E-state index is 16.2. The molecule has 5 amide bonds. The Hall–Kier alpha value is -7.11. The molecule has 3 aliphatic heterocycles. The van der Waals surface area contributed by atoms with Crippen molar-refractivity contribution in [2.24, 2.45) is 5.41 Å². The first-order valence-corrected chi connectivity index (χ1v) is 29.6. The molecule has 5 heterocycles. The standard InChI is InChI=1S/C61H76F5N11O6S/c1-37-33-76(34-38(2)73(37)7)50-29-48(63)46(28-49(50)71-56(81)45-21-20-43(62)26-47(45)61(64,65)66)42-31-68-59(69-32-42)75-24-22-74(23-25-75)53(80)15-13-11-9-8-10-12-14-52(79)72-55(60(4,5)6)58(83)77-35-44(78)27-51(77)57(82)67-30-40-16-18-41(19-17-40)54-39(3)70-36-84-54/h16-21,26,28-29,31-32,36-38,44,51,55,78H,8-15,22-25,27,30,33-35H2,1-7H3,(H,67,82)(H,71,81)(H,72,79)/t37-,38+,44-,51-,55+/m0/s1. The largest absolute Gasteiger partial charge is 0.417 e. The average Bonchev–Trinajstić information content (AvgIpc) is 4.16. The Morgan fingerprint density at radius 1 is 0.786 bits per heavy atom. The van der Waals surface area contributed by atoms with Crippen LogP contribution in [-0.4, -0.2) is 147 Å². The van der Waals surface area contributed by atoms with Gasteiger partial charge < -0.3 is 40.7 Å². The number of hydrogen-bond donors (Lipinski definition) is 4. The van der Waals surface area contributed by atoms with E-state index in [0.717, 1.165) is 59.5 Å². The van der Waals surface area contributed by atoms with Crippen LogP contribution in [0.15, 0.2) is 72.5 Å². The van der Waals surface area contributed by atoms with Crippen molar-refractivity contribution in [1.29, 1.82) is 0 Å². The van der Waals surface area contributed by atoms with Crippen molar-refractivity contribution < 1.29 is 51.0 Å². The fraction of sp³-hybridized carbons (Fsp3) is 0.508. The third kappa shape index (κ3) is 15.6. The second-order valence-corrected chi connectivity index (χ2v) is 24.3. The van der Waals surface area contributed by atoms with Crippen LogP contribution in [0.2, 0.25) is 0 Å². The molecule has 3 fully saturated rings. The van der Waals surface area contributed by atoms with Crippen molar-refractivity contribution in [3.63, 3.8) is 0 Å². The number of rotatable bonds is 20. The lowest BCUT2D eigenvalue weighted by Crippen LogP contribution is -2.57. The fourth-order valence-electron chi connectivity index (χ4n) is 11.1. The number of carbonyl (C=O) groups excluding carboxylic acids is 5. The summed E-state index contributed by atoms with van der Waals surface area (Å²) in [6, 6.07) is 10.5. The topological polar surface area (TPSA) is 197 Å². The molecule has 0 saturated carbocycles. The summed E-state index contributed by atoms with van der Waals surface area (Å²) in [6.45, 7) is 14.4. The van der Waals surface area contributed by atoms with E-state index >= 15 is 4.39 Å². The molecule has 84 heavy (non-hydrogen) atoms. The van der Waals surface area contributed by atoms with E-state index in [1.165, 1.54) is 29.4 Å².